The molecule has 3 rings (SSSR count). The first-order chi connectivity index (χ1) is 15.2. The number of carbonyl (C=O) groups is 1. The van der Waals surface area contributed by atoms with E-state index in [1.807, 2.05) is 12.1 Å². The van der Waals surface area contributed by atoms with Gasteiger partial charge in [-0.25, -0.2) is 4.79 Å². The predicted molar refractivity (Wildman–Crippen MR) is 114 cm³/mol. The normalized spacial score (nSPS) is 15.3. The largest absolute Gasteiger partial charge is 0.484 e. The van der Waals surface area contributed by atoms with Crippen molar-refractivity contribution in [1.82, 2.24) is 4.90 Å². The lowest BCUT2D eigenvalue weighted by molar-refractivity contribution is -0.139. The Morgan fingerprint density at radius 3 is 2.34 bits per heavy atom. The van der Waals surface area contributed by atoms with Crippen LogP contribution in [0.1, 0.15) is 0 Å². The van der Waals surface area contributed by atoms with Gasteiger partial charge in [0.2, 0.25) is 0 Å². The van der Waals surface area contributed by atoms with Crippen molar-refractivity contribution >= 4 is 27.6 Å². The topological polar surface area (TPSA) is 161 Å². The molecule has 4 atom stereocenters. The van der Waals surface area contributed by atoms with Crippen LogP contribution in [0.25, 0.3) is 21.7 Å². The number of fused-ring (bicyclic) bond motifs is 3. The van der Waals surface area contributed by atoms with Gasteiger partial charge in [0.1, 0.15) is 35.7 Å². The highest BCUT2D eigenvalue weighted by atomic mass is 16.5. The smallest absolute Gasteiger partial charge is 0.344 e. The predicted octanol–water partition coefficient (Wildman–Crippen LogP) is -0.781. The number of aliphatic hydroxyl groups excluding tert-OH is 5. The van der Waals surface area contributed by atoms with Crippen LogP contribution in [-0.4, -0.2) is 87.6 Å². The van der Waals surface area contributed by atoms with Gasteiger partial charge in [-0.05, 0) is 23.6 Å². The number of ether oxygens (including phenoxy) is 1. The van der Waals surface area contributed by atoms with E-state index in [9.17, 15) is 30.0 Å². The third-order valence-corrected chi connectivity index (χ3v) is 5.17. The molecular weight excluding hydrogens is 422 g/mol. The molecule has 0 aliphatic rings. The molecule has 2 aromatic carbocycles. The van der Waals surface area contributed by atoms with Crippen molar-refractivity contribution in [1.29, 1.82) is 0 Å². The van der Waals surface area contributed by atoms with Crippen LogP contribution in [0.15, 0.2) is 51.7 Å². The highest BCUT2D eigenvalue weighted by Gasteiger charge is 2.31. The van der Waals surface area contributed by atoms with Crippen molar-refractivity contribution < 1.29 is 39.5 Å². The lowest BCUT2D eigenvalue weighted by Crippen LogP contribution is -2.50. The van der Waals surface area contributed by atoms with Crippen molar-refractivity contribution in [3.8, 4) is 5.75 Å². The van der Waals surface area contributed by atoms with Crippen LogP contribution < -0.4 is 10.4 Å². The first-order valence-corrected chi connectivity index (χ1v) is 9.88. The number of hydrogen-bond acceptors (Lipinski definition) is 9. The summed E-state index contributed by atoms with van der Waals surface area (Å²) in [5.41, 5.74) is -0.177. The molecule has 1 aromatic heterocycles. The summed E-state index contributed by atoms with van der Waals surface area (Å²) in [5, 5.41) is 49.6. The maximum atomic E-state index is 12.3. The molecule has 32 heavy (non-hydrogen) atoms. The molecule has 0 radical (unpaired) electrons. The van der Waals surface area contributed by atoms with Gasteiger partial charge in [-0.15, -0.1) is 0 Å². The third kappa shape index (κ3) is 5.06. The molecule has 10 heteroatoms. The fourth-order valence-electron chi connectivity index (χ4n) is 3.26. The van der Waals surface area contributed by atoms with Crippen LogP contribution in [0.5, 0.6) is 5.75 Å². The number of nitrogens with zero attached hydrogens (tertiary/aromatic N) is 1. The van der Waals surface area contributed by atoms with Gasteiger partial charge in [0.25, 0.3) is 5.91 Å². The standard InChI is InChI=1S/C22H25NO9/c1-23(9-16(25)20(28)21(29)17(26)10-24)19(27)11-31-12-6-7-14-13-4-2-3-5-15(13)22(30)32-18(14)8-12/h2-8,16-17,20-21,24-26,28-29H,9-11H2,1H3. The van der Waals surface area contributed by atoms with Crippen LogP contribution in [0.3, 0.4) is 0 Å². The van der Waals surface area contributed by atoms with Crippen molar-refractivity contribution in [2.75, 3.05) is 26.8 Å². The molecule has 1 amide bonds. The minimum atomic E-state index is -1.78. The highest BCUT2D eigenvalue weighted by Crippen LogP contribution is 2.26. The Morgan fingerprint density at radius 2 is 1.66 bits per heavy atom. The summed E-state index contributed by atoms with van der Waals surface area (Å²) in [6.07, 6.45) is -6.75. The first kappa shape index (κ1) is 23.6. The SMILES string of the molecule is CN(CC(O)C(O)C(O)C(O)CO)C(=O)COc1ccc2c(c1)oc(=O)c1ccccc12. The molecule has 10 nitrogen and oxygen atoms in total. The van der Waals surface area contributed by atoms with E-state index in [0.717, 1.165) is 15.7 Å². The monoisotopic (exact) mass is 447 g/mol. The summed E-state index contributed by atoms with van der Waals surface area (Å²) < 4.78 is 10.8. The average molecular weight is 447 g/mol. The van der Waals surface area contributed by atoms with Crippen molar-refractivity contribution in [3.05, 3.63) is 52.9 Å². The Balaban J connectivity index is 1.64. The lowest BCUT2D eigenvalue weighted by Gasteiger charge is -2.28. The first-order valence-electron chi connectivity index (χ1n) is 9.88. The molecule has 0 spiro atoms. The molecule has 4 unspecified atom stereocenters. The Kier molecular flexibility index (Phi) is 7.44. The average Bonchev–Trinajstić information content (AvgIpc) is 2.80. The molecule has 172 valence electrons. The van der Waals surface area contributed by atoms with Crippen molar-refractivity contribution in [2.45, 2.75) is 24.4 Å². The van der Waals surface area contributed by atoms with Gasteiger partial charge in [0, 0.05) is 25.0 Å². The number of rotatable bonds is 9. The van der Waals surface area contributed by atoms with Crippen LogP contribution >= 0.6 is 0 Å². The van der Waals surface area contributed by atoms with E-state index in [2.05, 4.69) is 0 Å². The Hall–Kier alpha value is -3.02. The van der Waals surface area contributed by atoms with Crippen LogP contribution in [0, 0.1) is 0 Å². The van der Waals surface area contributed by atoms with Crippen LogP contribution in [0.4, 0.5) is 0 Å². The van der Waals surface area contributed by atoms with E-state index in [4.69, 9.17) is 14.3 Å². The summed E-state index contributed by atoms with van der Waals surface area (Å²) in [6, 6.07) is 11.9. The van der Waals surface area contributed by atoms with Gasteiger partial charge in [-0.3, -0.25) is 4.79 Å². The second kappa shape index (κ2) is 10.1. The summed E-state index contributed by atoms with van der Waals surface area (Å²) in [5.74, 6) is -0.242. The molecule has 0 fully saturated rings. The molecule has 0 aliphatic carbocycles. The second-order valence-electron chi connectivity index (χ2n) is 7.45. The van der Waals surface area contributed by atoms with E-state index in [1.165, 1.54) is 13.1 Å². The zero-order chi connectivity index (χ0) is 23.4. The van der Waals surface area contributed by atoms with E-state index in [1.54, 1.807) is 24.3 Å². The van der Waals surface area contributed by atoms with E-state index in [-0.39, 0.29) is 6.54 Å². The lowest BCUT2D eigenvalue weighted by atomic mass is 10.0. The van der Waals surface area contributed by atoms with Gasteiger partial charge in [0.15, 0.2) is 6.61 Å². The van der Waals surface area contributed by atoms with Crippen molar-refractivity contribution in [2.24, 2.45) is 0 Å². The molecule has 0 aliphatic heterocycles. The number of likely N-dealkylation sites (N-methyl/N-ethyl adjacent to an activating group) is 1. The van der Waals surface area contributed by atoms with E-state index < -0.39 is 49.2 Å². The number of benzene rings is 2. The van der Waals surface area contributed by atoms with Crippen LogP contribution in [-0.2, 0) is 4.79 Å². The minimum Gasteiger partial charge on any atom is -0.484 e. The van der Waals surface area contributed by atoms with Gasteiger partial charge in [-0.2, -0.15) is 0 Å². The molecule has 0 bridgehead atoms. The molecule has 1 heterocycles. The van der Waals surface area contributed by atoms with Gasteiger partial charge in [0.05, 0.1) is 12.0 Å². The highest BCUT2D eigenvalue weighted by molar-refractivity contribution is 6.04. The fourth-order valence-corrected chi connectivity index (χ4v) is 3.26. The van der Waals surface area contributed by atoms with Gasteiger partial charge >= 0.3 is 5.63 Å². The zero-order valence-electron chi connectivity index (χ0n) is 17.3. The Bertz CT molecular complexity index is 1150. The number of carbonyl (C=O) groups excluding carboxylic acids is 1. The number of amides is 1. The Morgan fingerprint density at radius 1 is 1.00 bits per heavy atom. The molecule has 0 saturated heterocycles. The maximum absolute atomic E-state index is 12.3. The van der Waals surface area contributed by atoms with Gasteiger partial charge in [-0.1, -0.05) is 18.2 Å². The van der Waals surface area contributed by atoms with E-state index in [0.29, 0.717) is 16.7 Å². The second-order valence-corrected chi connectivity index (χ2v) is 7.45. The quantitative estimate of drug-likeness (QED) is 0.209. The third-order valence-electron chi connectivity index (χ3n) is 5.17. The maximum Gasteiger partial charge on any atom is 0.344 e. The van der Waals surface area contributed by atoms with Gasteiger partial charge < -0.3 is 39.6 Å². The zero-order valence-corrected chi connectivity index (χ0v) is 17.3. The van der Waals surface area contributed by atoms with E-state index >= 15 is 0 Å². The molecule has 0 saturated carbocycles. The van der Waals surface area contributed by atoms with Crippen LogP contribution in [0.2, 0.25) is 0 Å². The number of aliphatic hydroxyl groups is 5. The Labute approximate surface area is 182 Å². The van der Waals surface area contributed by atoms with Crippen molar-refractivity contribution in [3.63, 3.8) is 0 Å². The molecule has 3 aromatic rings. The summed E-state index contributed by atoms with van der Waals surface area (Å²) in [6.45, 7) is -1.54. The molecule has 5 N–H and O–H groups in total. The fraction of sp³-hybridized carbons (Fsp3) is 0.364. The molecular formula is C22H25NO9. The number of hydrogen-bond donors (Lipinski definition) is 5. The minimum absolute atomic E-state index is 0.291. The summed E-state index contributed by atoms with van der Waals surface area (Å²) in [4.78, 5) is 25.6. The summed E-state index contributed by atoms with van der Waals surface area (Å²) >= 11 is 0. The summed E-state index contributed by atoms with van der Waals surface area (Å²) in [7, 11) is 1.36.